The van der Waals surface area contributed by atoms with Gasteiger partial charge >= 0.3 is 0 Å². The second-order valence-electron chi connectivity index (χ2n) is 4.02. The summed E-state index contributed by atoms with van der Waals surface area (Å²) in [4.78, 5) is 13.4. The van der Waals surface area contributed by atoms with Gasteiger partial charge in [-0.2, -0.15) is 0 Å². The molecule has 1 N–H and O–H groups in total. The molecule has 2 rings (SSSR count). The van der Waals surface area contributed by atoms with Crippen LogP contribution < -0.4 is 4.74 Å². The Kier molecular flexibility index (Phi) is 3.28. The number of aliphatic hydroxyl groups is 1. The van der Waals surface area contributed by atoms with Crippen LogP contribution in [0.25, 0.3) is 0 Å². The minimum Gasteiger partial charge on any atom is -0.494 e. The topological polar surface area (TPSA) is 49.8 Å². The summed E-state index contributed by atoms with van der Waals surface area (Å²) in [6, 6.07) is 4.46. The van der Waals surface area contributed by atoms with Crippen LogP contribution in [0.5, 0.6) is 5.75 Å². The van der Waals surface area contributed by atoms with Crippen LogP contribution >= 0.6 is 0 Å². The van der Waals surface area contributed by atoms with Crippen LogP contribution in [-0.4, -0.2) is 42.2 Å². The highest BCUT2D eigenvalue weighted by Crippen LogP contribution is 2.22. The number of nitrogens with zero attached hydrogens (tertiary/aromatic N) is 1. The van der Waals surface area contributed by atoms with Crippen molar-refractivity contribution in [2.24, 2.45) is 0 Å². The maximum atomic E-state index is 13.8. The van der Waals surface area contributed by atoms with E-state index >= 15 is 0 Å². The Hall–Kier alpha value is -1.62. The van der Waals surface area contributed by atoms with E-state index in [0.29, 0.717) is 13.0 Å². The number of β-amino-alcohol motifs (C(OH)–C–C–N with tert-alkyl or cyclic N) is 1. The van der Waals surface area contributed by atoms with Crippen LogP contribution in [0, 0.1) is 5.82 Å². The fraction of sp³-hybridized carbons (Fsp3) is 0.417. The molecule has 1 fully saturated rings. The van der Waals surface area contributed by atoms with Gasteiger partial charge in [0, 0.05) is 13.1 Å². The zero-order valence-electron chi connectivity index (χ0n) is 9.52. The molecule has 1 heterocycles. The third-order valence-corrected chi connectivity index (χ3v) is 2.86. The van der Waals surface area contributed by atoms with Crippen molar-refractivity contribution >= 4 is 5.91 Å². The third-order valence-electron chi connectivity index (χ3n) is 2.86. The standard InChI is InChI=1S/C12H14FNO3/c1-17-10-4-2-3-9(11(10)13)12(16)14-6-5-8(15)7-14/h2-4,8,15H,5-7H2,1H3/t8-/m1/s1. The van der Waals surface area contributed by atoms with E-state index in [1.54, 1.807) is 6.07 Å². The van der Waals surface area contributed by atoms with Crippen molar-refractivity contribution in [3.63, 3.8) is 0 Å². The zero-order valence-corrected chi connectivity index (χ0v) is 9.52. The summed E-state index contributed by atoms with van der Waals surface area (Å²) in [6.07, 6.45) is 0.0322. The minimum absolute atomic E-state index is 0.0153. The van der Waals surface area contributed by atoms with E-state index in [-0.39, 0.29) is 17.9 Å². The molecular weight excluding hydrogens is 225 g/mol. The van der Waals surface area contributed by atoms with Crippen LogP contribution in [0.4, 0.5) is 4.39 Å². The normalized spacial score (nSPS) is 19.5. The Bertz CT molecular complexity index is 436. The lowest BCUT2D eigenvalue weighted by molar-refractivity contribution is 0.0759. The smallest absolute Gasteiger partial charge is 0.257 e. The van der Waals surface area contributed by atoms with Crippen LogP contribution in [-0.2, 0) is 0 Å². The van der Waals surface area contributed by atoms with E-state index in [1.165, 1.54) is 24.1 Å². The van der Waals surface area contributed by atoms with Crippen molar-refractivity contribution < 1.29 is 19.0 Å². The molecule has 5 heteroatoms. The summed E-state index contributed by atoms with van der Waals surface area (Å²) in [7, 11) is 1.35. The second kappa shape index (κ2) is 4.71. The number of amides is 1. The highest BCUT2D eigenvalue weighted by Gasteiger charge is 2.27. The van der Waals surface area contributed by atoms with E-state index in [2.05, 4.69) is 0 Å². The van der Waals surface area contributed by atoms with Gasteiger partial charge in [-0.25, -0.2) is 4.39 Å². The molecule has 1 aliphatic rings. The first kappa shape index (κ1) is 11.9. The second-order valence-corrected chi connectivity index (χ2v) is 4.02. The molecule has 4 nitrogen and oxygen atoms in total. The average Bonchev–Trinajstić information content (AvgIpc) is 2.75. The molecule has 1 aromatic carbocycles. The fourth-order valence-corrected chi connectivity index (χ4v) is 1.93. The van der Waals surface area contributed by atoms with E-state index in [4.69, 9.17) is 4.74 Å². The number of aliphatic hydroxyl groups excluding tert-OH is 1. The monoisotopic (exact) mass is 239 g/mol. The molecule has 0 unspecified atom stereocenters. The number of ether oxygens (including phenoxy) is 1. The van der Waals surface area contributed by atoms with Crippen LogP contribution in [0.3, 0.4) is 0 Å². The van der Waals surface area contributed by atoms with Crippen molar-refractivity contribution in [3.8, 4) is 5.75 Å². The van der Waals surface area contributed by atoms with Crippen molar-refractivity contribution in [1.29, 1.82) is 0 Å². The highest BCUT2D eigenvalue weighted by molar-refractivity contribution is 5.95. The van der Waals surface area contributed by atoms with Gasteiger partial charge in [0.2, 0.25) is 0 Å². The summed E-state index contributed by atoms with van der Waals surface area (Å²) >= 11 is 0. The lowest BCUT2D eigenvalue weighted by Gasteiger charge is -2.16. The van der Waals surface area contributed by atoms with Gasteiger partial charge in [-0.1, -0.05) is 6.07 Å². The average molecular weight is 239 g/mol. The number of benzene rings is 1. The lowest BCUT2D eigenvalue weighted by Crippen LogP contribution is -2.30. The summed E-state index contributed by atoms with van der Waals surface area (Å²) in [6.45, 7) is 0.714. The number of halogens is 1. The van der Waals surface area contributed by atoms with Gasteiger partial charge in [-0.15, -0.1) is 0 Å². The maximum absolute atomic E-state index is 13.8. The predicted molar refractivity (Wildman–Crippen MR) is 59.5 cm³/mol. The van der Waals surface area contributed by atoms with E-state index in [0.717, 1.165) is 0 Å². The highest BCUT2D eigenvalue weighted by atomic mass is 19.1. The molecule has 0 radical (unpaired) electrons. The third kappa shape index (κ3) is 2.24. The Balaban J connectivity index is 2.25. The molecular formula is C12H14FNO3. The SMILES string of the molecule is COc1cccc(C(=O)N2CC[C@@H](O)C2)c1F. The molecule has 1 aromatic rings. The first-order valence-electron chi connectivity index (χ1n) is 5.43. The van der Waals surface area contributed by atoms with Gasteiger partial charge < -0.3 is 14.7 Å². The molecule has 17 heavy (non-hydrogen) atoms. The van der Waals surface area contributed by atoms with Gasteiger partial charge in [0.1, 0.15) is 0 Å². The minimum atomic E-state index is -0.651. The number of methoxy groups -OCH3 is 1. The number of hydrogen-bond donors (Lipinski definition) is 1. The lowest BCUT2D eigenvalue weighted by atomic mass is 10.1. The number of carbonyl (C=O) groups excluding carboxylic acids is 1. The molecule has 0 spiro atoms. The van der Waals surface area contributed by atoms with Crippen molar-refractivity contribution in [2.45, 2.75) is 12.5 Å². The Morgan fingerprint density at radius 2 is 2.35 bits per heavy atom. The largest absolute Gasteiger partial charge is 0.494 e. The molecule has 0 bridgehead atoms. The first-order valence-corrected chi connectivity index (χ1v) is 5.43. The number of carbonyl (C=O) groups is 1. The van der Waals surface area contributed by atoms with E-state index < -0.39 is 17.8 Å². The molecule has 1 amide bonds. The van der Waals surface area contributed by atoms with Crippen molar-refractivity contribution in [2.75, 3.05) is 20.2 Å². The van der Waals surface area contributed by atoms with Gasteiger partial charge in [0.25, 0.3) is 5.91 Å². The van der Waals surface area contributed by atoms with Crippen LogP contribution in [0.15, 0.2) is 18.2 Å². The summed E-state index contributed by atoms with van der Waals surface area (Å²) in [5, 5.41) is 9.35. The van der Waals surface area contributed by atoms with Gasteiger partial charge in [0.15, 0.2) is 11.6 Å². The molecule has 0 aromatic heterocycles. The molecule has 92 valence electrons. The Labute approximate surface area is 98.6 Å². The Morgan fingerprint density at radius 1 is 1.59 bits per heavy atom. The molecule has 1 saturated heterocycles. The maximum Gasteiger partial charge on any atom is 0.257 e. The van der Waals surface area contributed by atoms with Crippen LogP contribution in [0.2, 0.25) is 0 Å². The van der Waals surface area contributed by atoms with Gasteiger partial charge in [-0.3, -0.25) is 4.79 Å². The van der Waals surface area contributed by atoms with Crippen LogP contribution in [0.1, 0.15) is 16.8 Å². The molecule has 1 atom stereocenters. The fourth-order valence-electron chi connectivity index (χ4n) is 1.93. The zero-order chi connectivity index (χ0) is 12.4. The van der Waals surface area contributed by atoms with Gasteiger partial charge in [-0.05, 0) is 18.6 Å². The first-order chi connectivity index (χ1) is 8.13. The summed E-state index contributed by atoms with van der Waals surface area (Å²) < 4.78 is 18.7. The van der Waals surface area contributed by atoms with Crippen molar-refractivity contribution in [3.05, 3.63) is 29.6 Å². The number of hydrogen-bond acceptors (Lipinski definition) is 3. The van der Waals surface area contributed by atoms with E-state index in [1.807, 2.05) is 0 Å². The quantitative estimate of drug-likeness (QED) is 0.839. The summed E-state index contributed by atoms with van der Waals surface area (Å²) in [5.41, 5.74) is -0.0153. The number of likely N-dealkylation sites (tertiary alicyclic amines) is 1. The molecule has 0 saturated carbocycles. The molecule has 1 aliphatic heterocycles. The molecule has 0 aliphatic carbocycles. The summed E-state index contributed by atoms with van der Waals surface area (Å²) in [5.74, 6) is -1.00. The van der Waals surface area contributed by atoms with Gasteiger partial charge in [0.05, 0.1) is 18.8 Å². The Morgan fingerprint density at radius 3 is 2.94 bits per heavy atom. The van der Waals surface area contributed by atoms with Crippen molar-refractivity contribution in [1.82, 2.24) is 4.90 Å². The number of rotatable bonds is 2. The van der Waals surface area contributed by atoms with E-state index in [9.17, 15) is 14.3 Å². The predicted octanol–water partition coefficient (Wildman–Crippen LogP) is 1.04.